The number of esters is 1. The van der Waals surface area contributed by atoms with Crippen LogP contribution in [-0.4, -0.2) is 23.9 Å². The fourth-order valence-electron chi connectivity index (χ4n) is 4.13. The van der Waals surface area contributed by atoms with Crippen LogP contribution in [-0.2, 0) is 14.3 Å². The number of amides is 2. The number of ether oxygens (including phenoxy) is 1. The molecular weight excluding hydrogens is 387 g/mol. The minimum Gasteiger partial charge on any atom is -0.459 e. The second-order valence-corrected chi connectivity index (χ2v) is 7.78. The first-order valence-corrected chi connectivity index (χ1v) is 9.87. The van der Waals surface area contributed by atoms with E-state index >= 15 is 0 Å². The largest absolute Gasteiger partial charge is 0.459 e. The zero-order valence-electron chi connectivity index (χ0n) is 15.2. The van der Waals surface area contributed by atoms with Crippen LogP contribution < -0.4 is 10.6 Å². The van der Waals surface area contributed by atoms with E-state index in [0.29, 0.717) is 24.0 Å². The van der Waals surface area contributed by atoms with Crippen molar-refractivity contribution < 1.29 is 23.5 Å². The first-order valence-electron chi connectivity index (χ1n) is 9.49. The van der Waals surface area contributed by atoms with Crippen molar-refractivity contribution in [1.29, 1.82) is 0 Å². The number of nitrogens with two attached hydrogens (primary N) is 1. The molecular formula is C20H20ClFN2O4. The van der Waals surface area contributed by atoms with Gasteiger partial charge in [-0.15, -0.1) is 0 Å². The molecule has 8 heteroatoms. The SMILES string of the molecule is Nc1c(F)c(N2C(=O)C3=C(CCCC3)C2=O)cc(C(=O)OC2CCCC2)c1Cl. The molecule has 2 amide bonds. The topological polar surface area (TPSA) is 89.7 Å². The van der Waals surface area contributed by atoms with E-state index in [1.807, 2.05) is 0 Å². The highest BCUT2D eigenvalue weighted by molar-refractivity contribution is 6.37. The summed E-state index contributed by atoms with van der Waals surface area (Å²) in [5, 5.41) is -0.277. The number of carbonyl (C=O) groups excluding carboxylic acids is 3. The average molecular weight is 407 g/mol. The first kappa shape index (κ1) is 18.9. The van der Waals surface area contributed by atoms with E-state index in [1.165, 1.54) is 0 Å². The van der Waals surface area contributed by atoms with E-state index in [1.54, 1.807) is 0 Å². The van der Waals surface area contributed by atoms with E-state index in [2.05, 4.69) is 0 Å². The Morgan fingerprint density at radius 3 is 2.25 bits per heavy atom. The van der Waals surface area contributed by atoms with Crippen LogP contribution in [0.1, 0.15) is 61.7 Å². The van der Waals surface area contributed by atoms with Gasteiger partial charge in [-0.25, -0.2) is 14.1 Å². The van der Waals surface area contributed by atoms with E-state index in [0.717, 1.165) is 49.5 Å². The molecule has 2 N–H and O–H groups in total. The number of carbonyl (C=O) groups is 3. The van der Waals surface area contributed by atoms with Crippen molar-refractivity contribution >= 4 is 40.8 Å². The fraction of sp³-hybridized carbons (Fsp3) is 0.450. The van der Waals surface area contributed by atoms with Crippen LogP contribution in [0.5, 0.6) is 0 Å². The maximum atomic E-state index is 14.9. The highest BCUT2D eigenvalue weighted by atomic mass is 35.5. The zero-order valence-corrected chi connectivity index (χ0v) is 16.0. The number of rotatable bonds is 3. The molecule has 2 aliphatic carbocycles. The number of nitrogens with zero attached hydrogens (tertiary/aromatic N) is 1. The minimum absolute atomic E-state index is 0.145. The van der Waals surface area contributed by atoms with Gasteiger partial charge in [0.25, 0.3) is 11.8 Å². The highest BCUT2D eigenvalue weighted by Gasteiger charge is 2.42. The molecule has 1 saturated carbocycles. The van der Waals surface area contributed by atoms with Crippen LogP contribution in [0, 0.1) is 5.82 Å². The van der Waals surface area contributed by atoms with Gasteiger partial charge in [-0.3, -0.25) is 9.59 Å². The van der Waals surface area contributed by atoms with Crippen LogP contribution in [0.15, 0.2) is 17.2 Å². The fourth-order valence-corrected chi connectivity index (χ4v) is 4.35. The number of nitrogen functional groups attached to an aromatic ring is 1. The van der Waals surface area contributed by atoms with Crippen molar-refractivity contribution in [2.75, 3.05) is 10.6 Å². The van der Waals surface area contributed by atoms with E-state index in [4.69, 9.17) is 22.1 Å². The summed E-state index contributed by atoms with van der Waals surface area (Å²) in [6, 6.07) is 1.10. The number of hydrogen-bond donors (Lipinski definition) is 1. The molecule has 3 aliphatic rings. The Labute approximate surface area is 166 Å². The van der Waals surface area contributed by atoms with Gasteiger partial charge in [0.1, 0.15) is 6.10 Å². The third-order valence-electron chi connectivity index (χ3n) is 5.64. The summed E-state index contributed by atoms with van der Waals surface area (Å²) in [5.74, 6) is -2.85. The lowest BCUT2D eigenvalue weighted by atomic mass is 9.93. The first-order chi connectivity index (χ1) is 13.4. The maximum Gasteiger partial charge on any atom is 0.340 e. The van der Waals surface area contributed by atoms with Crippen LogP contribution >= 0.6 is 11.6 Å². The Morgan fingerprint density at radius 1 is 1.11 bits per heavy atom. The molecule has 1 aliphatic heterocycles. The molecule has 1 fully saturated rings. The highest BCUT2D eigenvalue weighted by Crippen LogP contribution is 2.40. The molecule has 0 bridgehead atoms. The van der Waals surface area contributed by atoms with Gasteiger partial charge in [-0.05, 0) is 57.4 Å². The zero-order chi connectivity index (χ0) is 20.0. The van der Waals surface area contributed by atoms with Gasteiger partial charge in [0.05, 0.1) is 22.0 Å². The summed E-state index contributed by atoms with van der Waals surface area (Å²) in [4.78, 5) is 38.8. The summed E-state index contributed by atoms with van der Waals surface area (Å²) in [5.41, 5.74) is 5.60. The minimum atomic E-state index is -0.996. The summed E-state index contributed by atoms with van der Waals surface area (Å²) in [6.45, 7) is 0. The predicted molar refractivity (Wildman–Crippen MR) is 101 cm³/mol. The second kappa shape index (κ2) is 7.20. The molecule has 1 aromatic carbocycles. The smallest absolute Gasteiger partial charge is 0.340 e. The van der Waals surface area contributed by atoms with Gasteiger partial charge in [0.2, 0.25) is 0 Å². The van der Waals surface area contributed by atoms with E-state index in [-0.39, 0.29) is 22.4 Å². The monoisotopic (exact) mass is 406 g/mol. The lowest BCUT2D eigenvalue weighted by Gasteiger charge is -2.20. The van der Waals surface area contributed by atoms with Crippen molar-refractivity contribution in [1.82, 2.24) is 0 Å². The molecule has 6 nitrogen and oxygen atoms in total. The van der Waals surface area contributed by atoms with E-state index < -0.39 is 29.3 Å². The maximum absolute atomic E-state index is 14.9. The summed E-state index contributed by atoms with van der Waals surface area (Å²) < 4.78 is 20.3. The molecule has 0 saturated heterocycles. The molecule has 1 aromatic rings. The Hall–Kier alpha value is -2.41. The number of imide groups is 1. The molecule has 0 spiro atoms. The van der Waals surface area contributed by atoms with Crippen LogP contribution in [0.2, 0.25) is 5.02 Å². The molecule has 0 atom stereocenters. The van der Waals surface area contributed by atoms with Crippen molar-refractivity contribution in [3.05, 3.63) is 33.6 Å². The molecule has 0 radical (unpaired) electrons. The number of halogens is 2. The quantitative estimate of drug-likeness (QED) is 0.467. The Balaban J connectivity index is 1.72. The third kappa shape index (κ3) is 2.98. The van der Waals surface area contributed by atoms with Gasteiger partial charge >= 0.3 is 5.97 Å². The number of benzene rings is 1. The summed E-state index contributed by atoms with van der Waals surface area (Å²) in [6.07, 6.45) is 5.80. The summed E-state index contributed by atoms with van der Waals surface area (Å²) in [7, 11) is 0. The van der Waals surface area contributed by atoms with E-state index in [9.17, 15) is 18.8 Å². The molecule has 1 heterocycles. The lowest BCUT2D eigenvalue weighted by Crippen LogP contribution is -2.33. The van der Waals surface area contributed by atoms with Crippen molar-refractivity contribution in [3.63, 3.8) is 0 Å². The van der Waals surface area contributed by atoms with Crippen molar-refractivity contribution in [3.8, 4) is 0 Å². The molecule has 0 aromatic heterocycles. The van der Waals surface area contributed by atoms with Gasteiger partial charge < -0.3 is 10.5 Å². The Kier molecular flexibility index (Phi) is 4.87. The summed E-state index contributed by atoms with van der Waals surface area (Å²) >= 11 is 6.09. The van der Waals surface area contributed by atoms with Crippen molar-refractivity contribution in [2.45, 2.75) is 57.5 Å². The van der Waals surface area contributed by atoms with Crippen LogP contribution in [0.4, 0.5) is 15.8 Å². The van der Waals surface area contributed by atoms with Gasteiger partial charge in [-0.2, -0.15) is 0 Å². The van der Waals surface area contributed by atoms with Gasteiger partial charge in [0, 0.05) is 11.1 Å². The molecule has 148 valence electrons. The molecule has 4 rings (SSSR count). The predicted octanol–water partition coefficient (Wildman–Crippen LogP) is 3.90. The normalized spacial score (nSPS) is 20.1. The third-order valence-corrected chi connectivity index (χ3v) is 6.05. The molecule has 28 heavy (non-hydrogen) atoms. The van der Waals surface area contributed by atoms with Crippen LogP contribution in [0.3, 0.4) is 0 Å². The average Bonchev–Trinajstić information content (AvgIpc) is 3.28. The number of anilines is 2. The number of hydrogen-bond acceptors (Lipinski definition) is 5. The van der Waals surface area contributed by atoms with Gasteiger partial charge in [-0.1, -0.05) is 11.6 Å². The Morgan fingerprint density at radius 2 is 1.68 bits per heavy atom. The van der Waals surface area contributed by atoms with Crippen molar-refractivity contribution in [2.24, 2.45) is 0 Å². The lowest BCUT2D eigenvalue weighted by molar-refractivity contribution is -0.120. The standard InChI is InChI=1S/C20H20ClFN2O4/c21-15-13(20(27)28-10-5-1-2-6-10)9-14(16(22)17(15)23)24-18(25)11-7-3-4-8-12(11)19(24)26/h9-10H,1-8,23H2. The van der Waals surface area contributed by atoms with Gasteiger partial charge in [0.15, 0.2) is 5.82 Å². The second-order valence-electron chi connectivity index (χ2n) is 7.41. The molecule has 0 unspecified atom stereocenters. The Bertz CT molecular complexity index is 893. The van der Waals surface area contributed by atoms with Crippen LogP contribution in [0.25, 0.3) is 0 Å².